The number of nitriles is 1. The van der Waals surface area contributed by atoms with Crippen LogP contribution in [0.3, 0.4) is 0 Å². The van der Waals surface area contributed by atoms with E-state index in [2.05, 4.69) is 4.98 Å². The molecule has 0 radical (unpaired) electrons. The van der Waals surface area contributed by atoms with Gasteiger partial charge < -0.3 is 10.2 Å². The minimum Gasteiger partial charge on any atom is -0.382 e. The molecule has 1 aromatic carbocycles. The number of hydrogen-bond acceptors (Lipinski definition) is 5. The normalized spacial score (nSPS) is 14.7. The molecule has 1 aromatic heterocycles. The van der Waals surface area contributed by atoms with Crippen LogP contribution in [0.1, 0.15) is 11.1 Å². The molecule has 0 amide bonds. The van der Waals surface area contributed by atoms with Crippen LogP contribution in [-0.4, -0.2) is 21.3 Å². The minimum absolute atomic E-state index is 0.366. The summed E-state index contributed by atoms with van der Waals surface area (Å²) in [6.45, 7) is 0. The number of aliphatic hydroxyl groups excluding tert-OH is 2. The topological polar surface area (TPSA) is 77.1 Å². The van der Waals surface area contributed by atoms with Gasteiger partial charge in [-0.2, -0.15) is 5.26 Å². The Hall–Kier alpha value is -1.48. The number of nitrogens with zero attached hydrogens (tertiary/aromatic N) is 2. The summed E-state index contributed by atoms with van der Waals surface area (Å²) in [4.78, 5) is 4.14. The zero-order valence-corrected chi connectivity index (χ0v) is 8.48. The van der Waals surface area contributed by atoms with E-state index in [1.807, 2.05) is 24.3 Å². The Morgan fingerprint density at radius 2 is 2.07 bits per heavy atom. The van der Waals surface area contributed by atoms with Crippen molar-refractivity contribution in [3.8, 4) is 6.07 Å². The third-order valence-corrected chi connectivity index (χ3v) is 3.10. The van der Waals surface area contributed by atoms with Gasteiger partial charge in [-0.15, -0.1) is 11.3 Å². The van der Waals surface area contributed by atoms with Crippen LogP contribution >= 0.6 is 11.3 Å². The molecular formula is C10H8N2O2S. The number of aromatic nitrogens is 1. The van der Waals surface area contributed by atoms with Gasteiger partial charge in [-0.25, -0.2) is 4.98 Å². The van der Waals surface area contributed by atoms with Crippen molar-refractivity contribution in [2.75, 3.05) is 0 Å². The molecule has 0 saturated carbocycles. The number of para-hydroxylation sites is 1. The molecule has 2 unspecified atom stereocenters. The first-order chi connectivity index (χ1) is 7.22. The highest BCUT2D eigenvalue weighted by atomic mass is 32.1. The van der Waals surface area contributed by atoms with Crippen LogP contribution in [0.15, 0.2) is 24.3 Å². The first-order valence-electron chi connectivity index (χ1n) is 4.33. The van der Waals surface area contributed by atoms with Gasteiger partial charge in [0, 0.05) is 0 Å². The lowest BCUT2D eigenvalue weighted by Gasteiger charge is -2.06. The molecule has 0 saturated heterocycles. The van der Waals surface area contributed by atoms with Crippen molar-refractivity contribution in [1.82, 2.24) is 4.98 Å². The van der Waals surface area contributed by atoms with E-state index in [0.717, 1.165) is 10.2 Å². The van der Waals surface area contributed by atoms with Crippen LogP contribution in [0.5, 0.6) is 0 Å². The summed E-state index contributed by atoms with van der Waals surface area (Å²) in [6.07, 6.45) is -2.65. The third kappa shape index (κ3) is 1.83. The Morgan fingerprint density at radius 1 is 1.33 bits per heavy atom. The first kappa shape index (κ1) is 10.1. The lowest BCUT2D eigenvalue weighted by atomic mass is 10.2. The van der Waals surface area contributed by atoms with Gasteiger partial charge in [0.15, 0.2) is 6.10 Å². The molecule has 0 bridgehead atoms. The predicted molar refractivity (Wildman–Crippen MR) is 56.2 cm³/mol. The fourth-order valence-corrected chi connectivity index (χ4v) is 2.21. The molecule has 2 rings (SSSR count). The third-order valence-electron chi connectivity index (χ3n) is 1.99. The van der Waals surface area contributed by atoms with Gasteiger partial charge in [-0.05, 0) is 12.1 Å². The van der Waals surface area contributed by atoms with E-state index in [4.69, 9.17) is 10.4 Å². The molecular weight excluding hydrogens is 212 g/mol. The maximum Gasteiger partial charge on any atom is 0.172 e. The molecule has 4 nitrogen and oxygen atoms in total. The van der Waals surface area contributed by atoms with E-state index >= 15 is 0 Å². The molecule has 2 atom stereocenters. The van der Waals surface area contributed by atoms with Crippen LogP contribution in [-0.2, 0) is 0 Å². The average Bonchev–Trinajstić information content (AvgIpc) is 2.70. The first-order valence-corrected chi connectivity index (χ1v) is 5.15. The number of benzene rings is 1. The van der Waals surface area contributed by atoms with Gasteiger partial charge in [0.2, 0.25) is 0 Å². The molecule has 2 N–H and O–H groups in total. The van der Waals surface area contributed by atoms with Crippen molar-refractivity contribution >= 4 is 21.6 Å². The zero-order valence-electron chi connectivity index (χ0n) is 7.66. The monoisotopic (exact) mass is 220 g/mol. The summed E-state index contributed by atoms with van der Waals surface area (Å²) >= 11 is 1.28. The predicted octanol–water partition coefficient (Wildman–Crippen LogP) is 1.21. The Labute approximate surface area is 90.0 Å². The second kappa shape index (κ2) is 3.95. The number of aliphatic hydroxyl groups is 2. The van der Waals surface area contributed by atoms with Crippen molar-refractivity contribution in [2.45, 2.75) is 12.2 Å². The van der Waals surface area contributed by atoms with Crippen LogP contribution in [0, 0.1) is 11.3 Å². The summed E-state index contributed by atoms with van der Waals surface area (Å²) in [5.74, 6) is 0. The standard InChI is InChI=1S/C10H8N2O2S/c11-5-7(13)9(14)10-12-6-3-1-2-4-8(6)15-10/h1-4,7,9,13-14H. The maximum atomic E-state index is 9.57. The van der Waals surface area contributed by atoms with E-state index in [-0.39, 0.29) is 0 Å². The van der Waals surface area contributed by atoms with Gasteiger partial charge in [-0.1, -0.05) is 12.1 Å². The molecule has 2 aromatic rings. The highest BCUT2D eigenvalue weighted by Crippen LogP contribution is 2.27. The molecule has 76 valence electrons. The fourth-order valence-electron chi connectivity index (χ4n) is 1.22. The second-order valence-electron chi connectivity index (χ2n) is 3.04. The van der Waals surface area contributed by atoms with Crippen molar-refractivity contribution in [3.05, 3.63) is 29.3 Å². The van der Waals surface area contributed by atoms with E-state index in [0.29, 0.717) is 5.01 Å². The number of fused-ring (bicyclic) bond motifs is 1. The van der Waals surface area contributed by atoms with Gasteiger partial charge in [0.05, 0.1) is 16.3 Å². The Morgan fingerprint density at radius 3 is 2.73 bits per heavy atom. The average molecular weight is 220 g/mol. The maximum absolute atomic E-state index is 9.57. The van der Waals surface area contributed by atoms with Crippen LogP contribution in [0.25, 0.3) is 10.2 Å². The summed E-state index contributed by atoms with van der Waals surface area (Å²) in [5, 5.41) is 27.6. The summed E-state index contributed by atoms with van der Waals surface area (Å²) in [6, 6.07) is 9.00. The van der Waals surface area contributed by atoms with Crippen LogP contribution in [0.4, 0.5) is 0 Å². The number of thiazole rings is 1. The summed E-state index contributed by atoms with van der Waals surface area (Å²) < 4.78 is 0.927. The van der Waals surface area contributed by atoms with Gasteiger partial charge in [0.25, 0.3) is 0 Å². The smallest absolute Gasteiger partial charge is 0.172 e. The molecule has 0 spiro atoms. The van der Waals surface area contributed by atoms with E-state index in [1.54, 1.807) is 6.07 Å². The van der Waals surface area contributed by atoms with Crippen molar-refractivity contribution in [3.63, 3.8) is 0 Å². The second-order valence-corrected chi connectivity index (χ2v) is 4.10. The van der Waals surface area contributed by atoms with Crippen molar-refractivity contribution < 1.29 is 10.2 Å². The Kier molecular flexibility index (Phi) is 2.64. The van der Waals surface area contributed by atoms with E-state index in [1.165, 1.54) is 11.3 Å². The molecule has 0 aliphatic rings. The van der Waals surface area contributed by atoms with E-state index < -0.39 is 12.2 Å². The van der Waals surface area contributed by atoms with Gasteiger partial charge in [0.1, 0.15) is 11.1 Å². The number of hydrogen-bond donors (Lipinski definition) is 2. The summed E-state index contributed by atoms with van der Waals surface area (Å²) in [7, 11) is 0. The lowest BCUT2D eigenvalue weighted by molar-refractivity contribution is 0.0527. The largest absolute Gasteiger partial charge is 0.382 e. The summed E-state index contributed by atoms with van der Waals surface area (Å²) in [5.41, 5.74) is 0.765. The van der Waals surface area contributed by atoms with Crippen molar-refractivity contribution in [2.24, 2.45) is 0 Å². The highest BCUT2D eigenvalue weighted by Gasteiger charge is 2.21. The molecule has 0 aliphatic heterocycles. The number of rotatable bonds is 2. The van der Waals surface area contributed by atoms with Crippen LogP contribution in [0.2, 0.25) is 0 Å². The molecule has 1 heterocycles. The Bertz CT molecular complexity index is 484. The highest BCUT2D eigenvalue weighted by molar-refractivity contribution is 7.18. The molecule has 15 heavy (non-hydrogen) atoms. The van der Waals surface area contributed by atoms with E-state index in [9.17, 15) is 5.11 Å². The van der Waals surface area contributed by atoms with Gasteiger partial charge >= 0.3 is 0 Å². The SMILES string of the molecule is N#CC(O)C(O)c1nc2ccccc2s1. The van der Waals surface area contributed by atoms with Gasteiger partial charge in [-0.3, -0.25) is 0 Å². The lowest BCUT2D eigenvalue weighted by Crippen LogP contribution is -2.15. The zero-order chi connectivity index (χ0) is 10.8. The Balaban J connectivity index is 2.41. The quantitative estimate of drug-likeness (QED) is 0.746. The van der Waals surface area contributed by atoms with Crippen molar-refractivity contribution in [1.29, 1.82) is 5.26 Å². The van der Waals surface area contributed by atoms with Crippen LogP contribution < -0.4 is 0 Å². The molecule has 5 heteroatoms. The minimum atomic E-state index is -1.43. The molecule has 0 fully saturated rings. The fraction of sp³-hybridized carbons (Fsp3) is 0.200. The molecule has 0 aliphatic carbocycles.